The summed E-state index contributed by atoms with van der Waals surface area (Å²) in [6.07, 6.45) is 63.7. The fourth-order valence-electron chi connectivity index (χ4n) is 10.7. The average Bonchev–Trinajstić information content (AvgIpc) is 3.40. The molecule has 9 nitrogen and oxygen atoms in total. The van der Waals surface area contributed by atoms with E-state index in [0.717, 1.165) is 44.9 Å². The summed E-state index contributed by atoms with van der Waals surface area (Å²) >= 11 is 0. The Labute approximate surface area is 458 Å². The molecule has 438 valence electrons. The second kappa shape index (κ2) is 55.0. The predicted molar refractivity (Wildman–Crippen MR) is 314 cm³/mol. The van der Waals surface area contributed by atoms with Crippen LogP contribution in [0.4, 0.5) is 0 Å². The second-order valence-electron chi connectivity index (χ2n) is 22.9. The van der Waals surface area contributed by atoms with Gasteiger partial charge in [-0.05, 0) is 44.9 Å². The number of nitrogens with one attached hydrogen (secondary N) is 1. The summed E-state index contributed by atoms with van der Waals surface area (Å²) < 4.78 is 11.3. The number of hydrogen-bond donors (Lipinski definition) is 6. The minimum absolute atomic E-state index is 0.133. The highest BCUT2D eigenvalue weighted by Crippen LogP contribution is 2.24. The number of ether oxygens (including phenoxy) is 2. The molecule has 0 bridgehead atoms. The number of carbonyl (C=O) groups is 1. The highest BCUT2D eigenvalue weighted by atomic mass is 16.7. The van der Waals surface area contributed by atoms with E-state index in [2.05, 4.69) is 43.5 Å². The largest absolute Gasteiger partial charge is 0.394 e. The first-order valence-electron chi connectivity index (χ1n) is 32.5. The number of amides is 1. The van der Waals surface area contributed by atoms with Crippen molar-refractivity contribution in [3.8, 4) is 0 Å². The number of unbranched alkanes of at least 4 members (excludes halogenated alkanes) is 43. The number of aliphatic hydroxyl groups is 5. The van der Waals surface area contributed by atoms with Crippen molar-refractivity contribution in [1.29, 1.82) is 0 Å². The van der Waals surface area contributed by atoms with Gasteiger partial charge in [0.25, 0.3) is 0 Å². The standard InChI is InChI=1S/C65H125NO8/c1-3-5-7-9-11-13-15-17-19-21-23-24-25-26-27-28-29-30-31-32-33-34-35-36-37-39-41-43-45-47-49-51-53-55-61(69)66-58(57-73-65-64(72)63(71)62(70)60(56-67)74-65)59(68)54-52-50-48-46-44-42-40-38-22-20-18-16-14-12-10-8-6-4-2/h15,17,21,23,58-60,62-65,67-68,70-72H,3-14,16,18-20,22,24-57H2,1-2H3,(H,66,69)/b17-15-,23-21-. The summed E-state index contributed by atoms with van der Waals surface area (Å²) in [4.78, 5) is 13.1. The molecular weight excluding hydrogens is 923 g/mol. The smallest absolute Gasteiger partial charge is 0.220 e. The third-order valence-corrected chi connectivity index (χ3v) is 15.8. The molecule has 1 amide bonds. The molecule has 7 atom stereocenters. The Bertz CT molecular complexity index is 1210. The van der Waals surface area contributed by atoms with Crippen LogP contribution in [-0.4, -0.2) is 87.5 Å². The van der Waals surface area contributed by atoms with Crippen LogP contribution in [0, 0.1) is 0 Å². The van der Waals surface area contributed by atoms with Crippen LogP contribution in [0.1, 0.15) is 328 Å². The number of carbonyl (C=O) groups excluding carboxylic acids is 1. The summed E-state index contributed by atoms with van der Waals surface area (Å²) in [5.74, 6) is -0.137. The monoisotopic (exact) mass is 1050 g/mol. The lowest BCUT2D eigenvalue weighted by Crippen LogP contribution is -2.60. The maximum Gasteiger partial charge on any atom is 0.220 e. The van der Waals surface area contributed by atoms with Gasteiger partial charge in [0.05, 0.1) is 25.4 Å². The molecule has 0 radical (unpaired) electrons. The highest BCUT2D eigenvalue weighted by molar-refractivity contribution is 5.76. The van der Waals surface area contributed by atoms with Crippen LogP contribution in [0.3, 0.4) is 0 Å². The molecule has 9 heteroatoms. The lowest BCUT2D eigenvalue weighted by molar-refractivity contribution is -0.302. The van der Waals surface area contributed by atoms with Crippen LogP contribution in [0.15, 0.2) is 24.3 Å². The Morgan fingerprint density at radius 3 is 1.16 bits per heavy atom. The van der Waals surface area contributed by atoms with Crippen molar-refractivity contribution < 1.29 is 39.8 Å². The van der Waals surface area contributed by atoms with E-state index in [0.29, 0.717) is 12.8 Å². The first-order chi connectivity index (χ1) is 36.3. The van der Waals surface area contributed by atoms with Crippen molar-refractivity contribution in [2.75, 3.05) is 13.2 Å². The molecule has 6 N–H and O–H groups in total. The quantitative estimate of drug-likeness (QED) is 0.0261. The fourth-order valence-corrected chi connectivity index (χ4v) is 10.7. The SMILES string of the molecule is CCCCCCC/C=C\C/C=C\CCCCCCCCCCCCCCCCCCCCCCCC(=O)NC(COC1OC(CO)C(O)C(O)C1O)C(O)CCCCCCCCCCCCCCCCCCCC. The molecule has 0 saturated carbocycles. The van der Waals surface area contributed by atoms with E-state index in [4.69, 9.17) is 9.47 Å². The normalized spacial score (nSPS) is 19.0. The highest BCUT2D eigenvalue weighted by Gasteiger charge is 2.44. The van der Waals surface area contributed by atoms with E-state index >= 15 is 0 Å². The first-order valence-corrected chi connectivity index (χ1v) is 32.5. The molecule has 1 rings (SSSR count). The van der Waals surface area contributed by atoms with Gasteiger partial charge in [0.2, 0.25) is 5.91 Å². The lowest BCUT2D eigenvalue weighted by atomic mass is 9.99. The van der Waals surface area contributed by atoms with Crippen LogP contribution >= 0.6 is 0 Å². The van der Waals surface area contributed by atoms with Gasteiger partial charge in [0, 0.05) is 6.42 Å². The molecule has 1 aliphatic rings. The van der Waals surface area contributed by atoms with Crippen LogP contribution in [-0.2, 0) is 14.3 Å². The Hall–Kier alpha value is -1.33. The lowest BCUT2D eigenvalue weighted by Gasteiger charge is -2.40. The summed E-state index contributed by atoms with van der Waals surface area (Å²) in [5, 5.41) is 54.8. The van der Waals surface area contributed by atoms with Gasteiger partial charge in [0.1, 0.15) is 24.4 Å². The van der Waals surface area contributed by atoms with Crippen LogP contribution in [0.25, 0.3) is 0 Å². The van der Waals surface area contributed by atoms with Gasteiger partial charge in [0.15, 0.2) is 6.29 Å². The van der Waals surface area contributed by atoms with Gasteiger partial charge in [-0.3, -0.25) is 4.79 Å². The minimum atomic E-state index is -1.55. The van der Waals surface area contributed by atoms with Gasteiger partial charge >= 0.3 is 0 Å². The topological polar surface area (TPSA) is 149 Å². The zero-order valence-electron chi connectivity index (χ0n) is 48.9. The van der Waals surface area contributed by atoms with E-state index in [1.807, 2.05) is 0 Å². The maximum atomic E-state index is 13.1. The Balaban J connectivity index is 2.09. The van der Waals surface area contributed by atoms with E-state index in [9.17, 15) is 30.3 Å². The van der Waals surface area contributed by atoms with Gasteiger partial charge < -0.3 is 40.3 Å². The second-order valence-corrected chi connectivity index (χ2v) is 22.9. The number of allylic oxidation sites excluding steroid dienone is 4. The fraction of sp³-hybridized carbons (Fsp3) is 0.923. The molecule has 7 unspecified atom stereocenters. The zero-order chi connectivity index (χ0) is 53.6. The molecule has 0 aromatic heterocycles. The van der Waals surface area contributed by atoms with Gasteiger partial charge in [-0.25, -0.2) is 0 Å². The Morgan fingerprint density at radius 1 is 0.459 bits per heavy atom. The van der Waals surface area contributed by atoms with Crippen LogP contribution < -0.4 is 5.32 Å². The van der Waals surface area contributed by atoms with E-state index in [-0.39, 0.29) is 12.5 Å². The first kappa shape index (κ1) is 70.7. The van der Waals surface area contributed by atoms with Crippen molar-refractivity contribution in [2.45, 2.75) is 371 Å². The minimum Gasteiger partial charge on any atom is -0.394 e. The van der Waals surface area contributed by atoms with E-state index < -0.39 is 49.5 Å². The number of hydrogen-bond acceptors (Lipinski definition) is 8. The van der Waals surface area contributed by atoms with Gasteiger partial charge in [-0.15, -0.1) is 0 Å². The predicted octanol–water partition coefficient (Wildman–Crippen LogP) is 16.9. The molecule has 1 saturated heterocycles. The molecule has 1 heterocycles. The van der Waals surface area contributed by atoms with Gasteiger partial charge in [-0.1, -0.05) is 301 Å². The van der Waals surface area contributed by atoms with Crippen LogP contribution in [0.2, 0.25) is 0 Å². The average molecular weight is 1050 g/mol. The van der Waals surface area contributed by atoms with E-state index in [1.54, 1.807) is 0 Å². The molecule has 1 fully saturated rings. The molecule has 0 aromatic carbocycles. The molecule has 1 aliphatic heterocycles. The summed E-state index contributed by atoms with van der Waals surface area (Å²) in [6.45, 7) is 3.87. The van der Waals surface area contributed by atoms with Crippen LogP contribution in [0.5, 0.6) is 0 Å². The number of aliphatic hydroxyl groups excluding tert-OH is 5. The Morgan fingerprint density at radius 2 is 0.797 bits per heavy atom. The van der Waals surface area contributed by atoms with Crippen molar-refractivity contribution in [3.05, 3.63) is 24.3 Å². The molecule has 0 aliphatic carbocycles. The third-order valence-electron chi connectivity index (χ3n) is 15.8. The van der Waals surface area contributed by atoms with Crippen molar-refractivity contribution in [1.82, 2.24) is 5.32 Å². The molecule has 0 spiro atoms. The molecular formula is C65H125NO8. The Kier molecular flexibility index (Phi) is 52.5. The van der Waals surface area contributed by atoms with Crippen molar-refractivity contribution >= 4 is 5.91 Å². The number of rotatable bonds is 57. The van der Waals surface area contributed by atoms with E-state index in [1.165, 1.54) is 257 Å². The van der Waals surface area contributed by atoms with Crippen molar-refractivity contribution in [3.63, 3.8) is 0 Å². The third kappa shape index (κ3) is 43.6. The summed E-state index contributed by atoms with van der Waals surface area (Å²) in [6, 6.07) is -0.716. The maximum absolute atomic E-state index is 13.1. The van der Waals surface area contributed by atoms with Gasteiger partial charge in [-0.2, -0.15) is 0 Å². The summed E-state index contributed by atoms with van der Waals surface area (Å²) in [5.41, 5.74) is 0. The van der Waals surface area contributed by atoms with Crippen molar-refractivity contribution in [2.24, 2.45) is 0 Å². The summed E-state index contributed by atoms with van der Waals surface area (Å²) in [7, 11) is 0. The molecule has 0 aromatic rings. The molecule has 74 heavy (non-hydrogen) atoms. The zero-order valence-corrected chi connectivity index (χ0v) is 48.9.